The van der Waals surface area contributed by atoms with Crippen LogP contribution in [0, 0.1) is 0 Å². The van der Waals surface area contributed by atoms with Crippen molar-refractivity contribution in [2.45, 2.75) is 43.0 Å². The molecule has 1 saturated heterocycles. The first-order valence-corrected chi connectivity index (χ1v) is 10.9. The van der Waals surface area contributed by atoms with Gasteiger partial charge in [0.1, 0.15) is 0 Å². The number of carbonyl (C=O) groups excluding carboxylic acids is 1. The molecule has 1 amide bonds. The molecule has 0 radical (unpaired) electrons. The molecule has 9 heteroatoms. The number of fused-ring (bicyclic) bond motifs is 1. The van der Waals surface area contributed by atoms with Gasteiger partial charge in [-0.05, 0) is 31.4 Å². The minimum absolute atomic E-state index is 0.0450. The quantitative estimate of drug-likeness (QED) is 0.736. The van der Waals surface area contributed by atoms with Crippen LogP contribution in [0.3, 0.4) is 0 Å². The van der Waals surface area contributed by atoms with Crippen molar-refractivity contribution in [2.24, 2.45) is 5.73 Å². The van der Waals surface area contributed by atoms with Crippen LogP contribution in [0.2, 0.25) is 0 Å². The molecule has 0 spiro atoms. The van der Waals surface area contributed by atoms with Crippen molar-refractivity contribution in [1.29, 1.82) is 0 Å². The van der Waals surface area contributed by atoms with Crippen LogP contribution in [0.15, 0.2) is 23.1 Å². The fourth-order valence-electron chi connectivity index (χ4n) is 3.40. The Labute approximate surface area is 160 Å². The molecule has 2 aliphatic heterocycles. The number of nitrogens with one attached hydrogen (secondary N) is 1. The molecule has 1 atom stereocenters. The number of carbonyl (C=O) groups is 1. The van der Waals surface area contributed by atoms with Crippen molar-refractivity contribution >= 4 is 15.9 Å². The maximum atomic E-state index is 12.5. The smallest absolute Gasteiger partial charge is 0.240 e. The molecule has 0 bridgehead atoms. The van der Waals surface area contributed by atoms with Crippen LogP contribution >= 0.6 is 0 Å². The first-order valence-electron chi connectivity index (χ1n) is 9.40. The molecule has 1 aromatic rings. The van der Waals surface area contributed by atoms with E-state index in [4.69, 9.17) is 15.2 Å². The Hall–Kier alpha value is -1.84. The van der Waals surface area contributed by atoms with Crippen molar-refractivity contribution in [2.75, 3.05) is 32.8 Å². The van der Waals surface area contributed by atoms with E-state index >= 15 is 0 Å². The van der Waals surface area contributed by atoms with Crippen molar-refractivity contribution in [3.8, 4) is 11.5 Å². The summed E-state index contributed by atoms with van der Waals surface area (Å²) >= 11 is 0. The summed E-state index contributed by atoms with van der Waals surface area (Å²) < 4.78 is 38.6. The first kappa shape index (κ1) is 19.9. The molecule has 1 aromatic carbocycles. The number of ether oxygens (including phenoxy) is 2. The molecule has 2 aliphatic rings. The largest absolute Gasteiger partial charge is 0.490 e. The number of hydrogen-bond acceptors (Lipinski definition) is 6. The third-order valence-electron chi connectivity index (χ3n) is 4.88. The van der Waals surface area contributed by atoms with Crippen LogP contribution in [-0.4, -0.2) is 58.1 Å². The Morgan fingerprint density at radius 3 is 2.74 bits per heavy atom. The molecular formula is C18H27N3O5S. The molecule has 0 aromatic heterocycles. The lowest BCUT2D eigenvalue weighted by molar-refractivity contribution is -0.134. The second kappa shape index (κ2) is 8.90. The van der Waals surface area contributed by atoms with E-state index in [2.05, 4.69) is 4.72 Å². The Balaban J connectivity index is 1.58. The summed E-state index contributed by atoms with van der Waals surface area (Å²) in [6, 6.07) is 4.59. The van der Waals surface area contributed by atoms with Gasteiger partial charge in [0.05, 0.1) is 18.1 Å². The molecule has 27 heavy (non-hydrogen) atoms. The van der Waals surface area contributed by atoms with E-state index in [1.807, 2.05) is 0 Å². The van der Waals surface area contributed by atoms with Gasteiger partial charge in [-0.15, -0.1) is 0 Å². The van der Waals surface area contributed by atoms with E-state index < -0.39 is 10.0 Å². The highest BCUT2D eigenvalue weighted by atomic mass is 32.2. The molecule has 3 rings (SSSR count). The highest BCUT2D eigenvalue weighted by Gasteiger charge is 2.26. The number of amides is 1. The van der Waals surface area contributed by atoms with Gasteiger partial charge in [-0.25, -0.2) is 13.1 Å². The van der Waals surface area contributed by atoms with E-state index in [0.29, 0.717) is 37.8 Å². The lowest BCUT2D eigenvalue weighted by Crippen LogP contribution is -2.48. The van der Waals surface area contributed by atoms with Crippen LogP contribution in [0.1, 0.15) is 32.1 Å². The Morgan fingerprint density at radius 1 is 1.19 bits per heavy atom. The number of nitrogens with two attached hydrogens (primary N) is 1. The summed E-state index contributed by atoms with van der Waals surface area (Å²) in [7, 11) is -3.73. The van der Waals surface area contributed by atoms with Gasteiger partial charge < -0.3 is 20.1 Å². The third kappa shape index (κ3) is 4.91. The second-order valence-electron chi connectivity index (χ2n) is 6.78. The van der Waals surface area contributed by atoms with Crippen LogP contribution in [0.25, 0.3) is 0 Å². The van der Waals surface area contributed by atoms with Gasteiger partial charge in [0.15, 0.2) is 11.5 Å². The van der Waals surface area contributed by atoms with E-state index in [1.54, 1.807) is 11.0 Å². The molecule has 0 aliphatic carbocycles. The van der Waals surface area contributed by atoms with Gasteiger partial charge in [-0.1, -0.05) is 0 Å². The fraction of sp³-hybridized carbons (Fsp3) is 0.611. The summed E-state index contributed by atoms with van der Waals surface area (Å²) in [5, 5.41) is 0. The fourth-order valence-corrected chi connectivity index (χ4v) is 4.45. The average molecular weight is 397 g/mol. The van der Waals surface area contributed by atoms with Gasteiger partial charge in [0.25, 0.3) is 0 Å². The summed E-state index contributed by atoms with van der Waals surface area (Å²) in [6.07, 6.45) is 3.80. The molecule has 8 nitrogen and oxygen atoms in total. The average Bonchev–Trinajstić information content (AvgIpc) is 2.92. The van der Waals surface area contributed by atoms with Gasteiger partial charge in [0.2, 0.25) is 15.9 Å². The number of likely N-dealkylation sites (tertiary alicyclic amines) is 1. The van der Waals surface area contributed by atoms with Gasteiger partial charge in [-0.3, -0.25) is 4.79 Å². The van der Waals surface area contributed by atoms with Gasteiger partial charge in [0, 0.05) is 44.6 Å². The number of benzene rings is 1. The highest BCUT2D eigenvalue weighted by molar-refractivity contribution is 7.89. The monoisotopic (exact) mass is 397 g/mol. The van der Waals surface area contributed by atoms with E-state index in [9.17, 15) is 13.2 Å². The first-order chi connectivity index (χ1) is 13.0. The van der Waals surface area contributed by atoms with Crippen LogP contribution in [0.5, 0.6) is 11.5 Å². The topological polar surface area (TPSA) is 111 Å². The van der Waals surface area contributed by atoms with E-state index in [1.165, 1.54) is 12.1 Å². The SMILES string of the molecule is NCC1CCCCN1C(=O)CCNS(=O)(=O)c1ccc2c(c1)OCCCO2. The Morgan fingerprint density at radius 2 is 1.96 bits per heavy atom. The third-order valence-corrected chi connectivity index (χ3v) is 6.34. The highest BCUT2D eigenvalue weighted by Crippen LogP contribution is 2.31. The standard InChI is InChI=1S/C18H27N3O5S/c19-13-14-4-1-2-9-21(14)18(22)7-8-20-27(23,24)15-5-6-16-17(12-15)26-11-3-10-25-16/h5-6,12,14,20H,1-4,7-11,13,19H2. The maximum Gasteiger partial charge on any atom is 0.240 e. The zero-order chi connectivity index (χ0) is 19.3. The Kier molecular flexibility index (Phi) is 6.56. The number of piperidine rings is 1. The van der Waals surface area contributed by atoms with Crippen LogP contribution in [0.4, 0.5) is 0 Å². The zero-order valence-corrected chi connectivity index (χ0v) is 16.2. The minimum Gasteiger partial charge on any atom is -0.490 e. The van der Waals surface area contributed by atoms with Crippen molar-refractivity contribution in [1.82, 2.24) is 9.62 Å². The summed E-state index contributed by atoms with van der Waals surface area (Å²) in [5.74, 6) is 0.900. The van der Waals surface area contributed by atoms with Crippen LogP contribution < -0.4 is 19.9 Å². The van der Waals surface area contributed by atoms with Crippen molar-refractivity contribution in [3.63, 3.8) is 0 Å². The lowest BCUT2D eigenvalue weighted by Gasteiger charge is -2.35. The summed E-state index contributed by atoms with van der Waals surface area (Å²) in [6.45, 7) is 2.20. The van der Waals surface area contributed by atoms with Crippen molar-refractivity contribution < 1.29 is 22.7 Å². The second-order valence-corrected chi connectivity index (χ2v) is 8.55. The molecule has 1 unspecified atom stereocenters. The number of rotatable bonds is 6. The van der Waals surface area contributed by atoms with Gasteiger partial charge >= 0.3 is 0 Å². The van der Waals surface area contributed by atoms with E-state index in [-0.39, 0.29) is 29.8 Å². The molecule has 0 saturated carbocycles. The number of nitrogens with zero attached hydrogens (tertiary/aromatic N) is 1. The molecule has 3 N–H and O–H groups in total. The number of hydrogen-bond donors (Lipinski definition) is 2. The van der Waals surface area contributed by atoms with Gasteiger partial charge in [-0.2, -0.15) is 0 Å². The Bertz CT molecular complexity index is 768. The summed E-state index contributed by atoms with van der Waals surface area (Å²) in [4.78, 5) is 14.3. The zero-order valence-electron chi connectivity index (χ0n) is 15.4. The summed E-state index contributed by atoms with van der Waals surface area (Å²) in [5.41, 5.74) is 5.74. The molecular weight excluding hydrogens is 370 g/mol. The minimum atomic E-state index is -3.73. The van der Waals surface area contributed by atoms with Crippen LogP contribution in [-0.2, 0) is 14.8 Å². The predicted molar refractivity (Wildman–Crippen MR) is 100 cm³/mol. The normalized spacial score (nSPS) is 20.2. The maximum absolute atomic E-state index is 12.5. The predicted octanol–water partition coefficient (Wildman–Crippen LogP) is 0.856. The molecule has 1 fully saturated rings. The molecule has 2 heterocycles. The van der Waals surface area contributed by atoms with Crippen molar-refractivity contribution in [3.05, 3.63) is 18.2 Å². The van der Waals surface area contributed by atoms with E-state index in [0.717, 1.165) is 25.7 Å². The molecule has 150 valence electrons. The number of sulfonamides is 1. The lowest BCUT2D eigenvalue weighted by atomic mass is 10.0.